The van der Waals surface area contributed by atoms with Crippen molar-refractivity contribution in [2.45, 2.75) is 29.4 Å². The summed E-state index contributed by atoms with van der Waals surface area (Å²) in [5.41, 5.74) is 0.815. The summed E-state index contributed by atoms with van der Waals surface area (Å²) >= 11 is 5.75. The molecule has 0 aliphatic rings. The summed E-state index contributed by atoms with van der Waals surface area (Å²) in [6, 6.07) is 5.34. The monoisotopic (exact) mass is 268 g/mol. The standard InChI is InChI=1S/C10H11ClF2O2S/c1-7(11)6-8-2-4-9(5-3-8)16(14,15)10(12)13/h2-5,7,10H,6H2,1H3. The fourth-order valence-electron chi connectivity index (χ4n) is 1.24. The molecule has 0 bridgehead atoms. The number of halogens is 3. The molecule has 1 aromatic carbocycles. The fraction of sp³-hybridized carbons (Fsp3) is 0.400. The summed E-state index contributed by atoms with van der Waals surface area (Å²) < 4.78 is 46.6. The van der Waals surface area contributed by atoms with Crippen LogP contribution in [0.3, 0.4) is 0 Å². The molecule has 0 aliphatic carbocycles. The van der Waals surface area contributed by atoms with Gasteiger partial charge in [-0.05, 0) is 31.0 Å². The van der Waals surface area contributed by atoms with E-state index in [1.807, 2.05) is 0 Å². The van der Waals surface area contributed by atoms with Gasteiger partial charge in [-0.15, -0.1) is 11.6 Å². The lowest BCUT2D eigenvalue weighted by molar-refractivity contribution is 0.234. The van der Waals surface area contributed by atoms with Crippen molar-refractivity contribution in [3.63, 3.8) is 0 Å². The highest BCUT2D eigenvalue weighted by Gasteiger charge is 2.26. The topological polar surface area (TPSA) is 34.1 Å². The number of benzene rings is 1. The quantitative estimate of drug-likeness (QED) is 0.787. The van der Waals surface area contributed by atoms with Crippen LogP contribution >= 0.6 is 11.6 Å². The van der Waals surface area contributed by atoms with Crippen LogP contribution in [0.4, 0.5) is 8.78 Å². The lowest BCUT2D eigenvalue weighted by Gasteiger charge is -2.06. The second-order valence-corrected chi connectivity index (χ2v) is 6.10. The van der Waals surface area contributed by atoms with Gasteiger partial charge in [-0.1, -0.05) is 12.1 Å². The third-order valence-corrected chi connectivity index (χ3v) is 3.56. The highest BCUT2D eigenvalue weighted by molar-refractivity contribution is 7.91. The van der Waals surface area contributed by atoms with E-state index in [-0.39, 0.29) is 10.3 Å². The van der Waals surface area contributed by atoms with Crippen molar-refractivity contribution in [2.24, 2.45) is 0 Å². The predicted molar refractivity (Wildman–Crippen MR) is 58.7 cm³/mol. The zero-order valence-corrected chi connectivity index (χ0v) is 10.1. The molecule has 0 heterocycles. The summed E-state index contributed by atoms with van der Waals surface area (Å²) in [5.74, 6) is -3.38. The largest absolute Gasteiger partial charge is 0.341 e. The first-order valence-electron chi connectivity index (χ1n) is 4.59. The average molecular weight is 269 g/mol. The van der Waals surface area contributed by atoms with E-state index in [2.05, 4.69) is 0 Å². The van der Waals surface area contributed by atoms with E-state index >= 15 is 0 Å². The first kappa shape index (κ1) is 13.4. The SMILES string of the molecule is CC(Cl)Cc1ccc(S(=O)(=O)C(F)F)cc1. The molecule has 1 atom stereocenters. The van der Waals surface area contributed by atoms with Crippen molar-refractivity contribution in [1.29, 1.82) is 0 Å². The van der Waals surface area contributed by atoms with E-state index in [1.54, 1.807) is 6.92 Å². The Balaban J connectivity index is 2.96. The molecule has 1 unspecified atom stereocenters. The van der Waals surface area contributed by atoms with Crippen molar-refractivity contribution in [1.82, 2.24) is 0 Å². The molecule has 0 aromatic heterocycles. The average Bonchev–Trinajstić information content (AvgIpc) is 2.17. The molecule has 2 nitrogen and oxygen atoms in total. The zero-order valence-electron chi connectivity index (χ0n) is 8.53. The van der Waals surface area contributed by atoms with Crippen molar-refractivity contribution >= 4 is 21.4 Å². The molecule has 1 aromatic rings. The van der Waals surface area contributed by atoms with Crippen LogP contribution < -0.4 is 0 Å². The van der Waals surface area contributed by atoms with Crippen LogP contribution in [0.25, 0.3) is 0 Å². The van der Waals surface area contributed by atoms with Gasteiger partial charge in [0.25, 0.3) is 0 Å². The number of alkyl halides is 3. The van der Waals surface area contributed by atoms with E-state index in [0.29, 0.717) is 6.42 Å². The van der Waals surface area contributed by atoms with Gasteiger partial charge in [0, 0.05) is 5.38 Å². The van der Waals surface area contributed by atoms with Crippen molar-refractivity contribution in [2.75, 3.05) is 0 Å². The maximum atomic E-state index is 12.2. The Labute approximate surface area is 98.2 Å². The molecular weight excluding hydrogens is 258 g/mol. The highest BCUT2D eigenvalue weighted by Crippen LogP contribution is 2.19. The summed E-state index contributed by atoms with van der Waals surface area (Å²) in [6.45, 7) is 1.80. The second-order valence-electron chi connectivity index (χ2n) is 3.43. The van der Waals surface area contributed by atoms with Crippen molar-refractivity contribution in [3.05, 3.63) is 29.8 Å². The molecule has 0 N–H and O–H groups in total. The number of sulfone groups is 1. The summed E-state index contributed by atoms with van der Waals surface area (Å²) in [6.07, 6.45) is 0.566. The third kappa shape index (κ3) is 3.15. The first-order chi connectivity index (χ1) is 7.34. The number of hydrogen-bond donors (Lipinski definition) is 0. The van der Waals surface area contributed by atoms with E-state index in [4.69, 9.17) is 11.6 Å². The summed E-state index contributed by atoms with van der Waals surface area (Å²) in [4.78, 5) is -0.367. The molecule has 0 spiro atoms. The maximum Gasteiger partial charge on any atom is 0.341 e. The van der Waals surface area contributed by atoms with Gasteiger partial charge in [-0.3, -0.25) is 0 Å². The Kier molecular flexibility index (Phi) is 4.27. The van der Waals surface area contributed by atoms with Gasteiger partial charge in [-0.25, -0.2) is 8.42 Å². The van der Waals surface area contributed by atoms with Gasteiger partial charge in [0.1, 0.15) is 0 Å². The Morgan fingerprint density at radius 1 is 1.25 bits per heavy atom. The molecule has 0 aliphatic heterocycles. The summed E-state index contributed by atoms with van der Waals surface area (Å²) in [5, 5.41) is -0.0856. The molecule has 0 fully saturated rings. The van der Waals surface area contributed by atoms with Crippen LogP contribution in [-0.4, -0.2) is 19.6 Å². The van der Waals surface area contributed by atoms with Gasteiger partial charge >= 0.3 is 5.76 Å². The third-order valence-electron chi connectivity index (χ3n) is 2.00. The normalized spacial score (nSPS) is 14.1. The fourth-order valence-corrected chi connectivity index (χ4v) is 2.14. The van der Waals surface area contributed by atoms with Crippen LogP contribution in [0.1, 0.15) is 12.5 Å². The van der Waals surface area contributed by atoms with Gasteiger partial charge in [0.05, 0.1) is 4.90 Å². The Morgan fingerprint density at radius 2 is 1.75 bits per heavy atom. The lowest BCUT2D eigenvalue weighted by atomic mass is 10.1. The van der Waals surface area contributed by atoms with Crippen LogP contribution in [0.2, 0.25) is 0 Å². The molecule has 6 heteroatoms. The maximum absolute atomic E-state index is 12.2. The van der Waals surface area contributed by atoms with Gasteiger partial charge in [-0.2, -0.15) is 8.78 Å². The second kappa shape index (κ2) is 5.10. The Hall–Kier alpha value is -0.680. The smallest absolute Gasteiger partial charge is 0.218 e. The lowest BCUT2D eigenvalue weighted by Crippen LogP contribution is -2.11. The first-order valence-corrected chi connectivity index (χ1v) is 6.57. The van der Waals surface area contributed by atoms with E-state index in [1.165, 1.54) is 24.3 Å². The molecule has 0 saturated heterocycles. The zero-order chi connectivity index (χ0) is 12.3. The molecule has 16 heavy (non-hydrogen) atoms. The van der Waals surface area contributed by atoms with Crippen LogP contribution in [-0.2, 0) is 16.3 Å². The minimum atomic E-state index is -4.49. The minimum absolute atomic E-state index is 0.0856. The van der Waals surface area contributed by atoms with E-state index in [0.717, 1.165) is 5.56 Å². The van der Waals surface area contributed by atoms with Gasteiger partial charge in [0.15, 0.2) is 0 Å². The van der Waals surface area contributed by atoms with Crippen molar-refractivity contribution < 1.29 is 17.2 Å². The molecule has 0 amide bonds. The summed E-state index contributed by atoms with van der Waals surface area (Å²) in [7, 11) is -4.49. The van der Waals surface area contributed by atoms with Crippen LogP contribution in [0.5, 0.6) is 0 Å². The van der Waals surface area contributed by atoms with Gasteiger partial charge < -0.3 is 0 Å². The van der Waals surface area contributed by atoms with Crippen LogP contribution in [0.15, 0.2) is 29.2 Å². The molecular formula is C10H11ClF2O2S. The Morgan fingerprint density at radius 3 is 2.12 bits per heavy atom. The van der Waals surface area contributed by atoms with Crippen molar-refractivity contribution in [3.8, 4) is 0 Å². The minimum Gasteiger partial charge on any atom is -0.218 e. The molecule has 90 valence electrons. The van der Waals surface area contributed by atoms with Crippen LogP contribution in [0, 0.1) is 0 Å². The molecule has 0 saturated carbocycles. The number of rotatable bonds is 4. The van der Waals surface area contributed by atoms with E-state index < -0.39 is 15.6 Å². The van der Waals surface area contributed by atoms with E-state index in [9.17, 15) is 17.2 Å². The Bertz CT molecular complexity index is 440. The predicted octanol–water partition coefficient (Wildman–Crippen LogP) is 2.85. The van der Waals surface area contributed by atoms with Gasteiger partial charge in [0.2, 0.25) is 9.84 Å². The molecule has 1 rings (SSSR count). The highest BCUT2D eigenvalue weighted by atomic mass is 35.5. The molecule has 0 radical (unpaired) electrons. The number of hydrogen-bond acceptors (Lipinski definition) is 2.